The van der Waals surface area contributed by atoms with Crippen LogP contribution in [0.15, 0.2) is 30.6 Å². The second kappa shape index (κ2) is 5.14. The molecule has 2 heterocycles. The van der Waals surface area contributed by atoms with Crippen molar-refractivity contribution >= 4 is 5.69 Å². The molecule has 0 aliphatic heterocycles. The molecule has 3 N–H and O–H groups in total. The summed E-state index contributed by atoms with van der Waals surface area (Å²) in [6, 6.07) is 5.53. The van der Waals surface area contributed by atoms with Crippen LogP contribution in [0, 0.1) is 13.8 Å². The van der Waals surface area contributed by atoms with E-state index < -0.39 is 6.10 Å². The number of aliphatic hydroxyl groups excluding tert-OH is 1. The third-order valence-corrected chi connectivity index (χ3v) is 2.84. The highest BCUT2D eigenvalue weighted by atomic mass is 16.3. The molecule has 0 fully saturated rings. The number of hydrogen-bond acceptors (Lipinski definition) is 4. The largest absolute Gasteiger partial charge is 0.398 e. The number of nitrogen functional groups attached to an aromatic ring is 1. The molecule has 0 saturated carbocycles. The number of anilines is 1. The number of pyridine rings is 2. The Morgan fingerprint density at radius 3 is 2.56 bits per heavy atom. The predicted octanol–water partition coefficient (Wildman–Crippen LogP) is 1.95. The Labute approximate surface area is 107 Å². The summed E-state index contributed by atoms with van der Waals surface area (Å²) >= 11 is 0. The number of rotatable bonds is 3. The summed E-state index contributed by atoms with van der Waals surface area (Å²) in [6.07, 6.45) is 3.21. The lowest BCUT2D eigenvalue weighted by Gasteiger charge is -2.13. The van der Waals surface area contributed by atoms with Crippen LogP contribution in [0.25, 0.3) is 0 Å². The highest BCUT2D eigenvalue weighted by molar-refractivity contribution is 5.45. The smallest absolute Gasteiger partial charge is 0.0833 e. The summed E-state index contributed by atoms with van der Waals surface area (Å²) in [5.41, 5.74) is 10.0. The predicted molar refractivity (Wildman–Crippen MR) is 71.0 cm³/mol. The second-order valence-electron chi connectivity index (χ2n) is 4.48. The third-order valence-electron chi connectivity index (χ3n) is 2.84. The summed E-state index contributed by atoms with van der Waals surface area (Å²) in [4.78, 5) is 8.32. The normalized spacial score (nSPS) is 12.4. The topological polar surface area (TPSA) is 72.0 Å². The Bertz CT molecular complexity index is 534. The van der Waals surface area contributed by atoms with E-state index in [0.29, 0.717) is 12.1 Å². The number of aryl methyl sites for hydroxylation is 2. The molecule has 1 unspecified atom stereocenters. The molecule has 1 atom stereocenters. The standard InChI is InChI=1S/C14H17N3O/c1-9-5-11(6-10(2)17-9)14(18)7-12-8-16-4-3-13(12)15/h3-6,8,14,18H,7H2,1-2H3,(H2,15,16). The first-order valence-corrected chi connectivity index (χ1v) is 5.88. The van der Waals surface area contributed by atoms with Gasteiger partial charge in [0.05, 0.1) is 6.10 Å². The van der Waals surface area contributed by atoms with Crippen LogP contribution in [0.2, 0.25) is 0 Å². The van der Waals surface area contributed by atoms with Crippen LogP contribution in [-0.4, -0.2) is 15.1 Å². The van der Waals surface area contributed by atoms with Crippen LogP contribution in [0.1, 0.15) is 28.6 Å². The van der Waals surface area contributed by atoms with Gasteiger partial charge in [-0.15, -0.1) is 0 Å². The maximum absolute atomic E-state index is 10.2. The lowest BCUT2D eigenvalue weighted by molar-refractivity contribution is 0.178. The molecule has 0 aliphatic rings. The third kappa shape index (κ3) is 2.84. The lowest BCUT2D eigenvalue weighted by Crippen LogP contribution is -2.06. The fourth-order valence-corrected chi connectivity index (χ4v) is 1.99. The van der Waals surface area contributed by atoms with Crippen LogP contribution in [0.4, 0.5) is 5.69 Å². The van der Waals surface area contributed by atoms with E-state index in [2.05, 4.69) is 9.97 Å². The molecule has 0 aliphatic carbocycles. The Kier molecular flexibility index (Phi) is 3.58. The molecule has 0 bridgehead atoms. The van der Waals surface area contributed by atoms with Gasteiger partial charge in [-0.1, -0.05) is 0 Å². The molecule has 18 heavy (non-hydrogen) atoms. The first-order chi connectivity index (χ1) is 8.56. The first-order valence-electron chi connectivity index (χ1n) is 5.88. The van der Waals surface area contributed by atoms with Crippen molar-refractivity contribution < 1.29 is 5.11 Å². The highest BCUT2D eigenvalue weighted by Crippen LogP contribution is 2.21. The minimum atomic E-state index is -0.586. The second-order valence-corrected chi connectivity index (χ2v) is 4.48. The van der Waals surface area contributed by atoms with Crippen molar-refractivity contribution in [1.82, 2.24) is 9.97 Å². The molecule has 2 aromatic rings. The van der Waals surface area contributed by atoms with E-state index in [1.165, 1.54) is 0 Å². The Morgan fingerprint density at radius 2 is 1.94 bits per heavy atom. The van der Waals surface area contributed by atoms with Gasteiger partial charge >= 0.3 is 0 Å². The van der Waals surface area contributed by atoms with Crippen molar-refractivity contribution in [3.8, 4) is 0 Å². The zero-order valence-electron chi connectivity index (χ0n) is 10.6. The molecule has 0 spiro atoms. The quantitative estimate of drug-likeness (QED) is 0.864. The monoisotopic (exact) mass is 243 g/mol. The van der Waals surface area contributed by atoms with E-state index in [1.54, 1.807) is 18.5 Å². The van der Waals surface area contributed by atoms with Crippen LogP contribution in [0.5, 0.6) is 0 Å². The van der Waals surface area contributed by atoms with Crippen molar-refractivity contribution in [3.05, 3.63) is 53.1 Å². The van der Waals surface area contributed by atoms with E-state index in [1.807, 2.05) is 26.0 Å². The van der Waals surface area contributed by atoms with Gasteiger partial charge < -0.3 is 10.8 Å². The van der Waals surface area contributed by atoms with Crippen molar-refractivity contribution in [1.29, 1.82) is 0 Å². The van der Waals surface area contributed by atoms with Crippen molar-refractivity contribution in [2.45, 2.75) is 26.4 Å². The molecule has 4 heteroatoms. The van der Waals surface area contributed by atoms with Gasteiger partial charge in [-0.25, -0.2) is 0 Å². The molecule has 0 aromatic carbocycles. The average Bonchev–Trinajstić information content (AvgIpc) is 2.31. The van der Waals surface area contributed by atoms with Gasteiger partial charge in [0.15, 0.2) is 0 Å². The minimum absolute atomic E-state index is 0.461. The summed E-state index contributed by atoms with van der Waals surface area (Å²) < 4.78 is 0. The van der Waals surface area contributed by atoms with Gasteiger partial charge in [-0.3, -0.25) is 9.97 Å². The Hall–Kier alpha value is -1.94. The fraction of sp³-hybridized carbons (Fsp3) is 0.286. The van der Waals surface area contributed by atoms with Gasteiger partial charge in [0, 0.05) is 35.9 Å². The van der Waals surface area contributed by atoms with Gasteiger partial charge in [-0.05, 0) is 43.2 Å². The van der Waals surface area contributed by atoms with E-state index in [0.717, 1.165) is 22.5 Å². The number of nitrogens with zero attached hydrogens (tertiary/aromatic N) is 2. The van der Waals surface area contributed by atoms with Crippen LogP contribution in [-0.2, 0) is 6.42 Å². The first kappa shape index (κ1) is 12.5. The summed E-state index contributed by atoms with van der Waals surface area (Å²) in [5.74, 6) is 0. The molecule has 0 amide bonds. The summed E-state index contributed by atoms with van der Waals surface area (Å²) in [7, 11) is 0. The molecular weight excluding hydrogens is 226 g/mol. The van der Waals surface area contributed by atoms with Crippen molar-refractivity contribution in [2.75, 3.05) is 5.73 Å². The molecule has 0 saturated heterocycles. The number of nitrogens with two attached hydrogens (primary N) is 1. The number of hydrogen-bond donors (Lipinski definition) is 2. The zero-order chi connectivity index (χ0) is 13.1. The minimum Gasteiger partial charge on any atom is -0.398 e. The van der Waals surface area contributed by atoms with Crippen LogP contribution in [0.3, 0.4) is 0 Å². The number of aliphatic hydroxyl groups is 1. The molecule has 0 radical (unpaired) electrons. The van der Waals surface area contributed by atoms with Crippen molar-refractivity contribution in [3.63, 3.8) is 0 Å². The van der Waals surface area contributed by atoms with E-state index in [9.17, 15) is 5.11 Å². The van der Waals surface area contributed by atoms with Crippen molar-refractivity contribution in [2.24, 2.45) is 0 Å². The maximum Gasteiger partial charge on any atom is 0.0833 e. The highest BCUT2D eigenvalue weighted by Gasteiger charge is 2.11. The average molecular weight is 243 g/mol. The molecule has 2 rings (SSSR count). The van der Waals surface area contributed by atoms with Gasteiger partial charge in [0.1, 0.15) is 0 Å². The van der Waals surface area contributed by atoms with Crippen LogP contribution >= 0.6 is 0 Å². The SMILES string of the molecule is Cc1cc(C(O)Cc2cnccc2N)cc(C)n1. The lowest BCUT2D eigenvalue weighted by atomic mass is 10.0. The maximum atomic E-state index is 10.2. The van der Waals surface area contributed by atoms with Gasteiger partial charge in [0.2, 0.25) is 0 Å². The van der Waals surface area contributed by atoms with Crippen LogP contribution < -0.4 is 5.73 Å². The van der Waals surface area contributed by atoms with E-state index >= 15 is 0 Å². The Balaban J connectivity index is 2.22. The van der Waals surface area contributed by atoms with E-state index in [4.69, 9.17) is 5.73 Å². The fourth-order valence-electron chi connectivity index (χ4n) is 1.99. The summed E-state index contributed by atoms with van der Waals surface area (Å²) in [5, 5.41) is 10.2. The number of aromatic nitrogens is 2. The van der Waals surface area contributed by atoms with E-state index in [-0.39, 0.29) is 0 Å². The molecule has 2 aromatic heterocycles. The molecular formula is C14H17N3O. The molecule has 94 valence electrons. The van der Waals surface area contributed by atoms with Gasteiger partial charge in [0.25, 0.3) is 0 Å². The molecule has 4 nitrogen and oxygen atoms in total. The Morgan fingerprint density at radius 1 is 1.28 bits per heavy atom. The zero-order valence-corrected chi connectivity index (χ0v) is 10.6. The summed E-state index contributed by atoms with van der Waals surface area (Å²) in [6.45, 7) is 3.84. The van der Waals surface area contributed by atoms with Gasteiger partial charge in [-0.2, -0.15) is 0 Å².